The summed E-state index contributed by atoms with van der Waals surface area (Å²) in [4.78, 5) is 12.7. The number of fused-ring (bicyclic) bond motifs is 2. The summed E-state index contributed by atoms with van der Waals surface area (Å²) in [5.41, 5.74) is 6.59. The maximum atomic E-state index is 12.7. The topological polar surface area (TPSA) is 63.3 Å². The second-order valence-corrected chi connectivity index (χ2v) is 6.68. The third-order valence-corrected chi connectivity index (χ3v) is 5.69. The number of hydrogen-bond donors (Lipinski definition) is 2. The summed E-state index contributed by atoms with van der Waals surface area (Å²) in [5.74, 6) is 0.171. The van der Waals surface area contributed by atoms with Crippen molar-refractivity contribution in [3.05, 3.63) is 52.2 Å². The fourth-order valence-corrected chi connectivity index (χ4v) is 4.26. The molecule has 0 saturated carbocycles. The Bertz CT molecular complexity index is 916. The van der Waals surface area contributed by atoms with E-state index in [0.29, 0.717) is 29.2 Å². The molecule has 23 heavy (non-hydrogen) atoms. The predicted octanol–water partition coefficient (Wildman–Crippen LogP) is 4.52. The van der Waals surface area contributed by atoms with E-state index in [-0.39, 0.29) is 23.6 Å². The smallest absolute Gasteiger partial charge is 0.195 e. The predicted molar refractivity (Wildman–Crippen MR) is 101 cm³/mol. The first-order valence-corrected chi connectivity index (χ1v) is 8.30. The summed E-state index contributed by atoms with van der Waals surface area (Å²) in [7, 11) is 0. The van der Waals surface area contributed by atoms with E-state index < -0.39 is 5.54 Å². The highest BCUT2D eigenvalue weighted by Crippen LogP contribution is 2.40. The number of aromatic hydroxyl groups is 1. The lowest BCUT2D eigenvalue weighted by Crippen LogP contribution is -2.35. The van der Waals surface area contributed by atoms with Gasteiger partial charge in [0.25, 0.3) is 0 Å². The van der Waals surface area contributed by atoms with Crippen LogP contribution in [0.2, 0.25) is 0 Å². The molecule has 0 aliphatic heterocycles. The van der Waals surface area contributed by atoms with Crippen molar-refractivity contribution >= 4 is 43.9 Å². The Hall–Kier alpha value is -1.62. The normalized spacial score (nSPS) is 11.6. The molecule has 0 aliphatic carbocycles. The minimum atomic E-state index is -0.630. The highest BCUT2D eigenvalue weighted by Gasteiger charge is 2.29. The molecule has 2 aromatic carbocycles. The molecule has 1 heterocycles. The van der Waals surface area contributed by atoms with Gasteiger partial charge in [-0.05, 0) is 37.1 Å². The molecule has 0 spiro atoms. The molecule has 0 radical (unpaired) electrons. The maximum Gasteiger partial charge on any atom is 0.195 e. The molecule has 3 nitrogen and oxygen atoms in total. The van der Waals surface area contributed by atoms with Gasteiger partial charge in [-0.3, -0.25) is 4.79 Å². The molecule has 0 unspecified atom stereocenters. The van der Waals surface area contributed by atoms with Gasteiger partial charge < -0.3 is 10.8 Å². The number of phenols is 1. The minimum absolute atomic E-state index is 0. The van der Waals surface area contributed by atoms with Crippen LogP contribution in [0.25, 0.3) is 20.2 Å². The van der Waals surface area contributed by atoms with Crippen LogP contribution in [0.5, 0.6) is 5.75 Å². The van der Waals surface area contributed by atoms with Crippen molar-refractivity contribution in [1.82, 2.24) is 0 Å². The van der Waals surface area contributed by atoms with Gasteiger partial charge >= 0.3 is 0 Å². The van der Waals surface area contributed by atoms with Gasteiger partial charge in [-0.15, -0.1) is 23.7 Å². The Kier molecular flexibility index (Phi) is 4.99. The van der Waals surface area contributed by atoms with E-state index in [9.17, 15) is 9.90 Å². The Morgan fingerprint density at radius 2 is 1.74 bits per heavy atom. The largest absolute Gasteiger partial charge is 0.508 e. The zero-order chi connectivity index (χ0) is 15.9. The van der Waals surface area contributed by atoms with E-state index in [0.717, 1.165) is 9.40 Å². The van der Waals surface area contributed by atoms with E-state index in [2.05, 4.69) is 0 Å². The summed E-state index contributed by atoms with van der Waals surface area (Å²) < 4.78 is 1.72. The van der Waals surface area contributed by atoms with Crippen molar-refractivity contribution in [3.63, 3.8) is 0 Å². The van der Waals surface area contributed by atoms with Gasteiger partial charge in [0.15, 0.2) is 5.43 Å². The molecule has 0 fully saturated rings. The van der Waals surface area contributed by atoms with Crippen LogP contribution in [0.4, 0.5) is 0 Å². The number of hydrogen-bond acceptors (Lipinski definition) is 4. The summed E-state index contributed by atoms with van der Waals surface area (Å²) in [5, 5.41) is 11.7. The molecule has 0 aliphatic rings. The highest BCUT2D eigenvalue weighted by atomic mass is 35.5. The van der Waals surface area contributed by atoms with E-state index in [1.54, 1.807) is 12.1 Å². The fraction of sp³-hybridized carbons (Fsp3) is 0.278. The number of halogens is 1. The van der Waals surface area contributed by atoms with Crippen LogP contribution < -0.4 is 11.2 Å². The van der Waals surface area contributed by atoms with Crippen LogP contribution >= 0.6 is 23.7 Å². The SMILES string of the molecule is CCC(N)(CC)c1c(O)ccc2c(=O)c3ccccc3sc12.Cl. The first-order valence-electron chi connectivity index (χ1n) is 7.48. The molecule has 0 bridgehead atoms. The van der Waals surface area contributed by atoms with Gasteiger partial charge in [-0.1, -0.05) is 26.0 Å². The van der Waals surface area contributed by atoms with Crippen molar-refractivity contribution in [1.29, 1.82) is 0 Å². The zero-order valence-electron chi connectivity index (χ0n) is 13.1. The lowest BCUT2D eigenvalue weighted by atomic mass is 9.84. The van der Waals surface area contributed by atoms with Crippen LogP contribution in [0.3, 0.4) is 0 Å². The average molecular weight is 350 g/mol. The highest BCUT2D eigenvalue weighted by molar-refractivity contribution is 7.24. The molecular weight excluding hydrogens is 330 g/mol. The fourth-order valence-electron chi connectivity index (χ4n) is 2.94. The summed E-state index contributed by atoms with van der Waals surface area (Å²) in [6.07, 6.45) is 1.40. The van der Waals surface area contributed by atoms with Gasteiger partial charge in [0.2, 0.25) is 0 Å². The summed E-state index contributed by atoms with van der Waals surface area (Å²) >= 11 is 1.52. The number of benzene rings is 2. The standard InChI is InChI=1S/C18H19NO2S.ClH/c1-3-18(19,4-2)15-13(20)10-9-12-16(21)11-7-5-6-8-14(11)22-17(12)15;/h5-10,20H,3-4,19H2,1-2H3;1H. The molecule has 122 valence electrons. The van der Waals surface area contributed by atoms with Crippen molar-refractivity contribution in [2.24, 2.45) is 5.73 Å². The van der Waals surface area contributed by atoms with E-state index in [1.165, 1.54) is 11.3 Å². The lowest BCUT2D eigenvalue weighted by Gasteiger charge is -2.29. The molecule has 0 amide bonds. The van der Waals surface area contributed by atoms with Crippen molar-refractivity contribution in [2.45, 2.75) is 32.2 Å². The molecule has 0 atom stereocenters. The number of phenolic OH excluding ortho intramolecular Hbond substituents is 1. The second-order valence-electron chi connectivity index (χ2n) is 5.63. The number of nitrogens with two attached hydrogens (primary N) is 1. The molecular formula is C18H20ClNO2S. The third-order valence-electron chi connectivity index (χ3n) is 4.48. The third kappa shape index (κ3) is 2.71. The van der Waals surface area contributed by atoms with Crippen molar-refractivity contribution < 1.29 is 5.11 Å². The van der Waals surface area contributed by atoms with Gasteiger partial charge in [0.1, 0.15) is 5.75 Å². The number of rotatable bonds is 3. The molecule has 5 heteroatoms. The Labute approximate surface area is 145 Å². The van der Waals surface area contributed by atoms with E-state index in [1.807, 2.05) is 38.1 Å². The van der Waals surface area contributed by atoms with Gasteiger partial charge in [0, 0.05) is 31.3 Å². The van der Waals surface area contributed by atoms with Crippen LogP contribution in [0, 0.1) is 0 Å². The second kappa shape index (κ2) is 6.48. The monoisotopic (exact) mass is 349 g/mol. The van der Waals surface area contributed by atoms with E-state index >= 15 is 0 Å². The van der Waals surface area contributed by atoms with Crippen LogP contribution in [0.15, 0.2) is 41.2 Å². The Morgan fingerprint density at radius 1 is 1.09 bits per heavy atom. The summed E-state index contributed by atoms with van der Waals surface area (Å²) in [6.45, 7) is 4.01. The quantitative estimate of drug-likeness (QED) is 0.683. The van der Waals surface area contributed by atoms with Crippen LogP contribution in [-0.4, -0.2) is 5.11 Å². The van der Waals surface area contributed by atoms with Gasteiger partial charge in [-0.25, -0.2) is 0 Å². The van der Waals surface area contributed by atoms with E-state index in [4.69, 9.17) is 5.73 Å². The lowest BCUT2D eigenvalue weighted by molar-refractivity contribution is 0.385. The zero-order valence-corrected chi connectivity index (χ0v) is 14.8. The Balaban J connectivity index is 0.00000192. The van der Waals surface area contributed by atoms with Gasteiger partial charge in [-0.2, -0.15) is 0 Å². The maximum absolute atomic E-state index is 12.7. The summed E-state index contributed by atoms with van der Waals surface area (Å²) in [6, 6.07) is 10.9. The molecule has 1 aromatic heterocycles. The molecule has 3 rings (SSSR count). The average Bonchev–Trinajstić information content (AvgIpc) is 2.54. The van der Waals surface area contributed by atoms with Gasteiger partial charge in [0.05, 0.1) is 0 Å². The Morgan fingerprint density at radius 3 is 2.39 bits per heavy atom. The van der Waals surface area contributed by atoms with Crippen LogP contribution in [-0.2, 0) is 5.54 Å². The first-order chi connectivity index (χ1) is 10.5. The minimum Gasteiger partial charge on any atom is -0.508 e. The molecule has 3 N–H and O–H groups in total. The van der Waals surface area contributed by atoms with Crippen molar-refractivity contribution in [2.75, 3.05) is 0 Å². The molecule has 0 saturated heterocycles. The van der Waals surface area contributed by atoms with Crippen LogP contribution in [0.1, 0.15) is 32.3 Å². The van der Waals surface area contributed by atoms with Crippen molar-refractivity contribution in [3.8, 4) is 5.75 Å². The first kappa shape index (κ1) is 17.7. The molecule has 3 aromatic rings.